The van der Waals surface area contributed by atoms with E-state index >= 15 is 0 Å². The lowest BCUT2D eigenvalue weighted by atomic mass is 10.2. The molecule has 31 heavy (non-hydrogen) atoms. The van der Waals surface area contributed by atoms with Gasteiger partial charge in [0.2, 0.25) is 10.0 Å². The van der Waals surface area contributed by atoms with Gasteiger partial charge in [0.25, 0.3) is 0 Å². The molecule has 0 aliphatic carbocycles. The van der Waals surface area contributed by atoms with Crippen LogP contribution >= 0.6 is 22.9 Å². The summed E-state index contributed by atoms with van der Waals surface area (Å²) < 4.78 is 44.2. The van der Waals surface area contributed by atoms with E-state index in [0.717, 1.165) is 10.1 Å². The Morgan fingerprint density at radius 2 is 1.94 bits per heavy atom. The number of benzene rings is 2. The first-order valence-corrected chi connectivity index (χ1v) is 12.1. The van der Waals surface area contributed by atoms with E-state index < -0.39 is 16.0 Å². The predicted octanol–water partition coefficient (Wildman–Crippen LogP) is 3.94. The lowest BCUT2D eigenvalue weighted by Crippen LogP contribution is -2.40. The van der Waals surface area contributed by atoms with Crippen molar-refractivity contribution in [1.29, 1.82) is 0 Å². The molecule has 0 unspecified atom stereocenters. The zero-order chi connectivity index (χ0) is 22.0. The zero-order valence-electron chi connectivity index (χ0n) is 16.7. The van der Waals surface area contributed by atoms with E-state index in [2.05, 4.69) is 0 Å². The Bertz CT molecular complexity index is 1220. The second-order valence-corrected chi connectivity index (χ2v) is 10.2. The quantitative estimate of drug-likeness (QED) is 0.496. The number of methoxy groups -OCH3 is 1. The van der Waals surface area contributed by atoms with Gasteiger partial charge in [-0.15, -0.1) is 11.3 Å². The molecule has 10 heteroatoms. The van der Waals surface area contributed by atoms with Gasteiger partial charge < -0.3 is 14.2 Å². The Balaban J connectivity index is 1.58. The number of carbonyl (C=O) groups excluding carboxylic acids is 1. The minimum Gasteiger partial charge on any atom is -0.496 e. The van der Waals surface area contributed by atoms with Crippen LogP contribution in [0.2, 0.25) is 5.02 Å². The van der Waals surface area contributed by atoms with Crippen molar-refractivity contribution in [1.82, 2.24) is 4.31 Å². The highest BCUT2D eigenvalue weighted by molar-refractivity contribution is 7.89. The van der Waals surface area contributed by atoms with Crippen LogP contribution in [0, 0.1) is 0 Å². The maximum atomic E-state index is 12.9. The first kappa shape index (κ1) is 22.0. The molecule has 3 aromatic rings. The first-order valence-electron chi connectivity index (χ1n) is 9.51. The van der Waals surface area contributed by atoms with E-state index in [0.29, 0.717) is 23.1 Å². The number of fused-ring (bicyclic) bond motifs is 1. The third kappa shape index (κ3) is 4.42. The van der Waals surface area contributed by atoms with E-state index in [9.17, 15) is 13.2 Å². The number of esters is 1. The summed E-state index contributed by atoms with van der Waals surface area (Å²) in [7, 11) is -2.36. The molecule has 0 atom stereocenters. The van der Waals surface area contributed by atoms with Crippen molar-refractivity contribution in [2.75, 3.05) is 33.4 Å². The van der Waals surface area contributed by atoms with Gasteiger partial charge in [-0.3, -0.25) is 0 Å². The topological polar surface area (TPSA) is 82.1 Å². The van der Waals surface area contributed by atoms with Crippen LogP contribution < -0.4 is 4.74 Å². The molecule has 1 fully saturated rings. The van der Waals surface area contributed by atoms with Crippen molar-refractivity contribution >= 4 is 49.0 Å². The fourth-order valence-electron chi connectivity index (χ4n) is 3.31. The molecule has 1 aliphatic rings. The van der Waals surface area contributed by atoms with Crippen molar-refractivity contribution in [3.63, 3.8) is 0 Å². The van der Waals surface area contributed by atoms with Crippen LogP contribution in [-0.2, 0) is 26.1 Å². The van der Waals surface area contributed by atoms with Crippen LogP contribution in [0.15, 0.2) is 47.4 Å². The number of morpholine rings is 1. The maximum Gasteiger partial charge on any atom is 0.342 e. The number of hydrogen-bond acceptors (Lipinski definition) is 7. The number of nitrogens with zero attached hydrogens (tertiary/aromatic N) is 1. The van der Waals surface area contributed by atoms with E-state index in [1.165, 1.54) is 41.0 Å². The van der Waals surface area contributed by atoms with E-state index in [-0.39, 0.29) is 35.9 Å². The molecule has 0 amide bonds. The van der Waals surface area contributed by atoms with Gasteiger partial charge in [0.15, 0.2) is 0 Å². The molecule has 0 N–H and O–H groups in total. The number of sulfonamides is 1. The van der Waals surface area contributed by atoms with Crippen molar-refractivity contribution < 1.29 is 27.4 Å². The summed E-state index contributed by atoms with van der Waals surface area (Å²) in [6, 6.07) is 11.8. The van der Waals surface area contributed by atoms with E-state index in [4.69, 9.17) is 25.8 Å². The lowest BCUT2D eigenvalue weighted by molar-refractivity contribution is 0.0473. The zero-order valence-corrected chi connectivity index (χ0v) is 19.1. The summed E-state index contributed by atoms with van der Waals surface area (Å²) in [5.74, 6) is -0.460. The highest BCUT2D eigenvalue weighted by atomic mass is 35.5. The summed E-state index contributed by atoms with van der Waals surface area (Å²) in [5, 5.41) is 1.44. The molecule has 0 saturated carbocycles. The van der Waals surface area contributed by atoms with Gasteiger partial charge in [0.05, 0.1) is 35.1 Å². The lowest BCUT2D eigenvalue weighted by Gasteiger charge is -2.26. The van der Waals surface area contributed by atoms with E-state index in [1.54, 1.807) is 0 Å². The van der Waals surface area contributed by atoms with E-state index in [1.807, 2.05) is 24.3 Å². The Hall–Kier alpha value is -2.17. The van der Waals surface area contributed by atoms with Gasteiger partial charge in [0.1, 0.15) is 17.9 Å². The normalized spacial score (nSPS) is 15.2. The van der Waals surface area contributed by atoms with Crippen LogP contribution in [-0.4, -0.2) is 52.1 Å². The van der Waals surface area contributed by atoms with Crippen molar-refractivity contribution in [3.8, 4) is 5.75 Å². The van der Waals surface area contributed by atoms with Crippen molar-refractivity contribution in [3.05, 3.63) is 57.9 Å². The summed E-state index contributed by atoms with van der Waals surface area (Å²) in [4.78, 5) is 13.5. The Morgan fingerprint density at radius 3 is 2.65 bits per heavy atom. The van der Waals surface area contributed by atoms with Crippen LogP contribution in [0.1, 0.15) is 15.2 Å². The summed E-state index contributed by atoms with van der Waals surface area (Å²) in [5.41, 5.74) is 0.0362. The number of rotatable bonds is 6. The molecule has 2 aromatic carbocycles. The maximum absolute atomic E-state index is 12.9. The van der Waals surface area contributed by atoms with Crippen LogP contribution in [0.25, 0.3) is 10.1 Å². The minimum absolute atomic E-state index is 0.00189. The van der Waals surface area contributed by atoms with Crippen molar-refractivity contribution in [2.24, 2.45) is 0 Å². The Morgan fingerprint density at radius 1 is 1.19 bits per heavy atom. The first-order chi connectivity index (χ1) is 14.9. The average Bonchev–Trinajstić information content (AvgIpc) is 3.13. The standard InChI is InChI=1S/C21H20ClNO6S2/c1-27-17-7-6-14(31(25,26)23-8-10-28-11-9-23)12-16(17)21(24)29-13-19-20(22)15-4-2-3-5-18(15)30-19/h2-7,12H,8-11,13H2,1H3. The molecule has 1 aromatic heterocycles. The molecule has 0 radical (unpaired) electrons. The fraction of sp³-hybridized carbons (Fsp3) is 0.286. The predicted molar refractivity (Wildman–Crippen MR) is 119 cm³/mol. The van der Waals surface area contributed by atoms with Crippen LogP contribution in [0.3, 0.4) is 0 Å². The van der Waals surface area contributed by atoms with Gasteiger partial charge in [-0.05, 0) is 24.3 Å². The molecule has 2 heterocycles. The smallest absolute Gasteiger partial charge is 0.342 e. The summed E-state index contributed by atoms with van der Waals surface area (Å²) >= 11 is 7.86. The summed E-state index contributed by atoms with van der Waals surface area (Å²) in [6.07, 6.45) is 0. The number of halogens is 1. The highest BCUT2D eigenvalue weighted by Crippen LogP contribution is 2.36. The van der Waals surface area contributed by atoms with Crippen LogP contribution in [0.5, 0.6) is 5.75 Å². The number of thiophene rings is 1. The largest absolute Gasteiger partial charge is 0.496 e. The van der Waals surface area contributed by atoms with Crippen molar-refractivity contribution in [2.45, 2.75) is 11.5 Å². The second kappa shape index (κ2) is 9.13. The third-order valence-electron chi connectivity index (χ3n) is 4.93. The molecule has 0 bridgehead atoms. The molecule has 1 saturated heterocycles. The SMILES string of the molecule is COc1ccc(S(=O)(=O)N2CCOCC2)cc1C(=O)OCc1sc2ccccc2c1Cl. The third-order valence-corrected chi connectivity index (χ3v) is 8.52. The Labute approximate surface area is 189 Å². The van der Waals surface area contributed by atoms with Gasteiger partial charge in [-0.2, -0.15) is 4.31 Å². The van der Waals surface area contributed by atoms with Gasteiger partial charge in [-0.1, -0.05) is 29.8 Å². The minimum atomic E-state index is -3.76. The summed E-state index contributed by atoms with van der Waals surface area (Å²) in [6.45, 7) is 1.16. The molecular formula is C21H20ClNO6S2. The molecule has 1 aliphatic heterocycles. The molecule has 164 valence electrons. The molecule has 7 nitrogen and oxygen atoms in total. The molecule has 0 spiro atoms. The van der Waals surface area contributed by atoms with Gasteiger partial charge in [-0.25, -0.2) is 13.2 Å². The average molecular weight is 482 g/mol. The Kier molecular flexibility index (Phi) is 6.49. The van der Waals surface area contributed by atoms with Gasteiger partial charge >= 0.3 is 5.97 Å². The number of ether oxygens (including phenoxy) is 3. The van der Waals surface area contributed by atoms with Crippen LogP contribution in [0.4, 0.5) is 0 Å². The molecular weight excluding hydrogens is 462 g/mol. The monoisotopic (exact) mass is 481 g/mol. The number of carbonyl (C=O) groups is 1. The fourth-order valence-corrected chi connectivity index (χ4v) is 6.14. The molecule has 4 rings (SSSR count). The number of hydrogen-bond donors (Lipinski definition) is 0. The second-order valence-electron chi connectivity index (χ2n) is 6.79. The highest BCUT2D eigenvalue weighted by Gasteiger charge is 2.28. The van der Waals surface area contributed by atoms with Gasteiger partial charge in [0, 0.05) is 23.2 Å².